The minimum atomic E-state index is -0.659. The molecular weight excluding hydrogens is 283 g/mol. The first-order valence-corrected chi connectivity index (χ1v) is 7.20. The van der Waals surface area contributed by atoms with Crippen molar-refractivity contribution in [3.8, 4) is 0 Å². The molecule has 0 rings (SSSR count). The molecule has 0 saturated heterocycles. The Morgan fingerprint density at radius 2 is 1.25 bits per heavy atom. The first kappa shape index (κ1) is 18.5. The number of carbonyl (C=O) groups is 1. The van der Waals surface area contributed by atoms with E-state index in [1.165, 1.54) is 44.9 Å². The molecule has 94 valence electrons. The van der Waals surface area contributed by atoms with Crippen LogP contribution in [-0.4, -0.2) is 11.1 Å². The Hall–Kier alpha value is 0.153. The van der Waals surface area contributed by atoms with E-state index in [1.54, 1.807) is 0 Å². The zero-order valence-corrected chi connectivity index (χ0v) is 12.8. The van der Waals surface area contributed by atoms with E-state index in [2.05, 4.69) is 6.92 Å². The number of hydrogen-bond acceptors (Lipinski definition) is 2. The van der Waals surface area contributed by atoms with Crippen LogP contribution >= 0.6 is 0 Å². The van der Waals surface area contributed by atoms with Gasteiger partial charge in [0.2, 0.25) is 0 Å². The van der Waals surface area contributed by atoms with Gasteiger partial charge >= 0.3 is 33.5 Å². The summed E-state index contributed by atoms with van der Waals surface area (Å²) in [6.45, 7) is 2.23. The molecule has 0 bridgehead atoms. The zero-order chi connectivity index (χ0) is 12.6. The molecule has 0 amide bonds. The first-order chi connectivity index (χ1) is 7.77. The quantitative estimate of drug-likeness (QED) is 0.623. The average Bonchev–Trinajstić information content (AvgIpc) is 2.29. The Morgan fingerprint density at radius 1 is 0.875 bits per heavy atom. The Labute approximate surface area is 114 Å². The van der Waals surface area contributed by atoms with Gasteiger partial charge in [0.05, 0.1) is 0 Å². The molecule has 0 spiro atoms. The average molecular weight is 308 g/mol. The van der Waals surface area contributed by atoms with Crippen LogP contribution in [0.25, 0.3) is 0 Å². The van der Waals surface area contributed by atoms with Crippen molar-refractivity contribution in [1.82, 2.24) is 0 Å². The number of hydrogen-bond donors (Lipinski definition) is 1. The summed E-state index contributed by atoms with van der Waals surface area (Å²) in [5.74, 6) is -0.659. The van der Waals surface area contributed by atoms with E-state index in [0.29, 0.717) is 31.1 Å². The SMILES string of the molecule is CCCCCCCCCCCC(=O)O.[O]=[Zr]. The summed E-state index contributed by atoms with van der Waals surface area (Å²) < 4.78 is 8.34. The second-order valence-electron chi connectivity index (χ2n) is 3.97. The maximum atomic E-state index is 10.2. The van der Waals surface area contributed by atoms with Crippen molar-refractivity contribution in [2.75, 3.05) is 0 Å². The molecule has 0 aromatic heterocycles. The minimum absolute atomic E-state index is 0.300. The van der Waals surface area contributed by atoms with Crippen LogP contribution in [0.5, 0.6) is 0 Å². The van der Waals surface area contributed by atoms with Crippen LogP contribution in [0.3, 0.4) is 0 Å². The topological polar surface area (TPSA) is 54.4 Å². The molecule has 1 N–H and O–H groups in total. The maximum absolute atomic E-state index is 10.2. The Balaban J connectivity index is 0. The van der Waals surface area contributed by atoms with Gasteiger partial charge in [-0.25, -0.2) is 0 Å². The van der Waals surface area contributed by atoms with Gasteiger partial charge in [-0.2, -0.15) is 0 Å². The summed E-state index contributed by atoms with van der Waals surface area (Å²) in [5.41, 5.74) is 0. The molecule has 4 heteroatoms. The van der Waals surface area contributed by atoms with E-state index < -0.39 is 5.97 Å². The number of aliphatic carboxylic acids is 1. The van der Waals surface area contributed by atoms with Crippen LogP contribution in [0.15, 0.2) is 0 Å². The van der Waals surface area contributed by atoms with Crippen LogP contribution in [0.4, 0.5) is 0 Å². The first-order valence-electron chi connectivity index (χ1n) is 6.19. The molecule has 0 fully saturated rings. The summed E-state index contributed by atoms with van der Waals surface area (Å²) in [4.78, 5) is 10.2. The van der Waals surface area contributed by atoms with Crippen molar-refractivity contribution in [3.63, 3.8) is 0 Å². The van der Waals surface area contributed by atoms with Crippen LogP contribution in [0, 0.1) is 0 Å². The van der Waals surface area contributed by atoms with Crippen molar-refractivity contribution in [2.24, 2.45) is 0 Å². The van der Waals surface area contributed by atoms with Gasteiger partial charge in [0, 0.05) is 6.42 Å². The normalized spacial score (nSPS) is 9.25. The van der Waals surface area contributed by atoms with E-state index >= 15 is 0 Å². The van der Waals surface area contributed by atoms with Gasteiger partial charge in [-0.1, -0.05) is 58.3 Å². The Kier molecular flexibility index (Phi) is 20.3. The van der Waals surface area contributed by atoms with E-state index in [9.17, 15) is 4.79 Å². The molecule has 16 heavy (non-hydrogen) atoms. The molecule has 0 atom stereocenters. The molecular formula is C12H24O3Zr. The fourth-order valence-corrected chi connectivity index (χ4v) is 1.59. The fraction of sp³-hybridized carbons (Fsp3) is 0.917. The van der Waals surface area contributed by atoms with Gasteiger partial charge in [0.1, 0.15) is 0 Å². The number of rotatable bonds is 10. The van der Waals surface area contributed by atoms with E-state index in [-0.39, 0.29) is 0 Å². The van der Waals surface area contributed by atoms with Crippen molar-refractivity contribution < 1.29 is 37.4 Å². The van der Waals surface area contributed by atoms with E-state index in [1.807, 2.05) is 0 Å². The van der Waals surface area contributed by atoms with Crippen molar-refractivity contribution in [2.45, 2.75) is 71.1 Å². The Morgan fingerprint density at radius 3 is 1.62 bits per heavy atom. The second kappa shape index (κ2) is 17.5. The zero-order valence-electron chi connectivity index (χ0n) is 10.3. The summed E-state index contributed by atoms with van der Waals surface area (Å²) >= 11 is 0.300. The molecule has 0 saturated carbocycles. The summed E-state index contributed by atoms with van der Waals surface area (Å²) in [6, 6.07) is 0. The van der Waals surface area contributed by atoms with Crippen LogP contribution in [0.1, 0.15) is 71.1 Å². The molecule has 0 aliphatic rings. The second-order valence-corrected chi connectivity index (χ2v) is 3.97. The third-order valence-corrected chi connectivity index (χ3v) is 2.49. The van der Waals surface area contributed by atoms with Crippen LogP contribution < -0.4 is 0 Å². The third kappa shape index (κ3) is 19.7. The number of carboxylic acid groups (broad SMARTS) is 1. The van der Waals surface area contributed by atoms with E-state index in [0.717, 1.165) is 12.8 Å². The summed E-state index contributed by atoms with van der Waals surface area (Å²) in [6.07, 6.45) is 11.5. The van der Waals surface area contributed by atoms with E-state index in [4.69, 9.17) is 7.92 Å². The molecule has 0 aromatic carbocycles. The standard InChI is InChI=1S/C12H24O2.O.Zr/c1-2-3-4-5-6-7-8-9-10-11-12(13)14;;/h2-11H2,1H3,(H,13,14);;. The van der Waals surface area contributed by atoms with Gasteiger partial charge in [0.15, 0.2) is 0 Å². The predicted molar refractivity (Wildman–Crippen MR) is 60.2 cm³/mol. The van der Waals surface area contributed by atoms with Crippen LogP contribution in [-0.2, 0) is 32.3 Å². The van der Waals surface area contributed by atoms with Gasteiger partial charge in [-0.15, -0.1) is 0 Å². The van der Waals surface area contributed by atoms with Gasteiger partial charge < -0.3 is 5.11 Å². The summed E-state index contributed by atoms with van der Waals surface area (Å²) in [7, 11) is 0. The van der Waals surface area contributed by atoms with Gasteiger partial charge in [-0.3, -0.25) is 4.79 Å². The van der Waals surface area contributed by atoms with Crippen molar-refractivity contribution in [3.05, 3.63) is 0 Å². The fourth-order valence-electron chi connectivity index (χ4n) is 1.59. The molecule has 0 radical (unpaired) electrons. The Bertz CT molecular complexity index is 151. The monoisotopic (exact) mass is 306 g/mol. The molecule has 3 nitrogen and oxygen atoms in total. The van der Waals surface area contributed by atoms with Gasteiger partial charge in [0.25, 0.3) is 0 Å². The molecule has 0 heterocycles. The molecule has 0 aliphatic carbocycles. The van der Waals surface area contributed by atoms with Crippen LogP contribution in [0.2, 0.25) is 0 Å². The number of carboxylic acids is 1. The third-order valence-electron chi connectivity index (χ3n) is 2.49. The molecule has 0 aliphatic heterocycles. The van der Waals surface area contributed by atoms with Crippen molar-refractivity contribution >= 4 is 5.97 Å². The number of unbranched alkanes of at least 4 members (excludes halogenated alkanes) is 8. The predicted octanol–water partition coefficient (Wildman–Crippen LogP) is 3.87. The summed E-state index contributed by atoms with van der Waals surface area (Å²) in [5, 5.41) is 8.41. The van der Waals surface area contributed by atoms with Gasteiger partial charge in [-0.05, 0) is 6.42 Å². The molecule has 0 aromatic rings. The molecule has 0 unspecified atom stereocenters. The van der Waals surface area contributed by atoms with Crippen molar-refractivity contribution in [1.29, 1.82) is 0 Å².